The first-order valence-electron chi connectivity index (χ1n) is 31.8. The molecule has 4 aromatic rings. The van der Waals surface area contributed by atoms with E-state index < -0.39 is 144 Å². The highest BCUT2D eigenvalue weighted by Gasteiger charge is 2.41. The van der Waals surface area contributed by atoms with Gasteiger partial charge in [0.05, 0.1) is 25.1 Å². The number of aromatic amines is 2. The van der Waals surface area contributed by atoms with Crippen LogP contribution >= 0.6 is 0 Å². The van der Waals surface area contributed by atoms with E-state index in [1.165, 1.54) is 41.7 Å². The van der Waals surface area contributed by atoms with Crippen molar-refractivity contribution < 1.29 is 77.3 Å². The number of hydrazine groups is 1. The molecule has 7 rings (SSSR count). The maximum Gasteiger partial charge on any atom is 0.330 e. The van der Waals surface area contributed by atoms with Crippen molar-refractivity contribution in [3.8, 4) is 5.75 Å². The third-order valence-electron chi connectivity index (χ3n) is 16.2. The predicted octanol–water partition coefficient (Wildman–Crippen LogP) is -2.98. The number of nitrogens with zero attached hydrogens (tertiary/aromatic N) is 2. The molecule has 0 saturated carbocycles. The van der Waals surface area contributed by atoms with Crippen LogP contribution in [-0.4, -0.2) is 199 Å². The Balaban J connectivity index is 1.11. The zero-order valence-electron chi connectivity index (χ0n) is 54.1. The summed E-state index contributed by atoms with van der Waals surface area (Å²) in [6.07, 6.45) is 5.07. The molecule has 18 N–H and O–H groups in total. The SMILES string of the molecule is CC(C)C[C@H](NC(=O)[C@@H](COC(C)(C)C)NC(=O)[C@H](Cc1ccc(O)cc1)NC(=O)[C@H](CO)NC(=O)[C@H](Cc1c[nH]c2ccccc12)NC(=O)[C@H](Cc1cnc[nH]1)NC(=O)[C@@H]1CCC(=O)N1)C(=O)N[C@@H](CCCNC(=O)[C@@H]1CCC(=O)N1)C(=O)N1CCC[C@H]1C(=O)NNC(N)=O. The number of aromatic nitrogens is 3. The van der Waals surface area contributed by atoms with Crippen LogP contribution in [-0.2, 0) is 81.5 Å². The Bertz CT molecular complexity index is 3450. The number of nitrogens with one attached hydrogen (secondary N) is 14. The molecule has 3 aliphatic rings. The number of nitrogens with two attached hydrogens (primary N) is 1. The highest BCUT2D eigenvalue weighted by molar-refractivity contribution is 6.00. The predicted molar refractivity (Wildman–Crippen MR) is 342 cm³/mol. The van der Waals surface area contributed by atoms with Crippen LogP contribution in [0.15, 0.2) is 67.3 Å². The minimum absolute atomic E-state index is 0.0117. The number of imidazole rings is 1. The molecule has 0 aliphatic carbocycles. The average molecular weight is 1340 g/mol. The number of hydrogen-bond acceptors (Lipinski definition) is 17. The number of carbonyl (C=O) groups excluding carboxylic acids is 13. The molecule has 14 amide bonds. The Morgan fingerprint density at radius 3 is 1.84 bits per heavy atom. The third kappa shape index (κ3) is 21.7. The molecular weight excluding hydrogens is 1250 g/mol. The Labute approximate surface area is 552 Å². The largest absolute Gasteiger partial charge is 0.508 e. The van der Waals surface area contributed by atoms with E-state index in [1.807, 2.05) is 5.43 Å². The van der Waals surface area contributed by atoms with Gasteiger partial charge in [0.25, 0.3) is 5.91 Å². The van der Waals surface area contributed by atoms with Crippen molar-refractivity contribution in [3.63, 3.8) is 0 Å². The summed E-state index contributed by atoms with van der Waals surface area (Å²) in [5.74, 6) is -9.33. The summed E-state index contributed by atoms with van der Waals surface area (Å²) >= 11 is 0. The van der Waals surface area contributed by atoms with Crippen molar-refractivity contribution in [1.82, 2.24) is 83.9 Å². The molecule has 0 unspecified atom stereocenters. The van der Waals surface area contributed by atoms with Gasteiger partial charge in [0.1, 0.15) is 66.2 Å². The number of benzene rings is 2. The van der Waals surface area contributed by atoms with Crippen LogP contribution in [0.25, 0.3) is 10.9 Å². The van der Waals surface area contributed by atoms with Gasteiger partial charge in [-0.2, -0.15) is 0 Å². The molecule has 3 fully saturated rings. The lowest BCUT2D eigenvalue weighted by atomic mass is 10.0. The molecule has 3 saturated heterocycles. The maximum atomic E-state index is 14.9. The van der Waals surface area contributed by atoms with Gasteiger partial charge in [-0.15, -0.1) is 0 Å². The number of aliphatic hydroxyl groups excluding tert-OH is 1. The first-order valence-corrected chi connectivity index (χ1v) is 31.8. The maximum absolute atomic E-state index is 14.9. The van der Waals surface area contributed by atoms with E-state index in [0.717, 1.165) is 0 Å². The molecule has 33 heteroatoms. The molecular formula is C63H87N17O16. The van der Waals surface area contributed by atoms with E-state index in [1.54, 1.807) is 65.1 Å². The molecule has 5 heterocycles. The van der Waals surface area contributed by atoms with Crippen molar-refractivity contribution in [2.24, 2.45) is 11.7 Å². The number of primary amides is 1. The van der Waals surface area contributed by atoms with Gasteiger partial charge >= 0.3 is 6.03 Å². The molecule has 96 heavy (non-hydrogen) atoms. The van der Waals surface area contributed by atoms with Gasteiger partial charge in [-0.1, -0.05) is 44.2 Å². The summed E-state index contributed by atoms with van der Waals surface area (Å²) in [6, 6.07) is -1.78. The fraction of sp³-hybridized carbons (Fsp3) is 0.524. The molecule has 0 bridgehead atoms. The van der Waals surface area contributed by atoms with Crippen LogP contribution in [0, 0.1) is 5.92 Å². The van der Waals surface area contributed by atoms with Gasteiger partial charge in [0.2, 0.25) is 65.0 Å². The van der Waals surface area contributed by atoms with E-state index in [2.05, 4.69) is 73.5 Å². The number of ether oxygens (including phenoxy) is 1. The van der Waals surface area contributed by atoms with Crippen molar-refractivity contribution in [2.45, 2.75) is 178 Å². The van der Waals surface area contributed by atoms with Crippen molar-refractivity contribution in [1.29, 1.82) is 0 Å². The van der Waals surface area contributed by atoms with Gasteiger partial charge in [0, 0.05) is 74.2 Å². The molecule has 10 atom stereocenters. The number of urea groups is 1. The van der Waals surface area contributed by atoms with E-state index in [-0.39, 0.29) is 107 Å². The normalized spacial score (nSPS) is 18.2. The van der Waals surface area contributed by atoms with Gasteiger partial charge in [0.15, 0.2) is 0 Å². The fourth-order valence-corrected chi connectivity index (χ4v) is 11.2. The number of phenolic OH excluding ortho intramolecular Hbond substituents is 1. The standard InChI is InChI=1S/C63H87N17O16/c1-33(2)24-43(54(87)71-42(12-8-22-66-52(85)40-18-20-50(83)69-40)61(94)80-23-9-13-49(80)60(93)78-79-62(64)95)72-59(92)48(31-96-63(3,4)5)77-55(88)44(25-34-14-16-37(82)17-15-34)73-58(91)47(30-81)76-56(89)45(26-35-28-67-39-11-7-6-10-38(35)39)74-57(90)46(27-36-29-65-32-68-36)75-53(86)41-19-21-51(84)70-41/h6-7,10-11,14-17,28-29,32-33,40-49,67,81-82H,8-9,12-13,18-27,30-31H2,1-5H3,(H,65,68)(H,66,85)(H,69,83)(H,70,84)(H,71,87)(H,72,92)(H,73,91)(H,74,90)(H,75,86)(H,76,89)(H,77,88)(H,78,93)(H3,64,79,95)/t40-,41-,42-,43-,44-,45-,46-,47-,48+,49-/m0/s1. The zero-order valence-corrected chi connectivity index (χ0v) is 54.1. The Morgan fingerprint density at radius 1 is 0.667 bits per heavy atom. The number of aromatic hydroxyl groups is 1. The third-order valence-corrected chi connectivity index (χ3v) is 16.2. The Morgan fingerprint density at radius 2 is 1.24 bits per heavy atom. The number of rotatable bonds is 32. The minimum Gasteiger partial charge on any atom is -0.508 e. The van der Waals surface area contributed by atoms with Crippen molar-refractivity contribution in [2.75, 3.05) is 26.3 Å². The molecule has 3 aliphatic heterocycles. The monoisotopic (exact) mass is 1340 g/mol. The van der Waals surface area contributed by atoms with Crippen LogP contribution in [0.5, 0.6) is 5.75 Å². The van der Waals surface area contributed by atoms with Crippen LogP contribution in [0.4, 0.5) is 4.79 Å². The number of para-hydroxylation sites is 1. The number of fused-ring (bicyclic) bond motifs is 1. The second-order valence-corrected chi connectivity index (χ2v) is 25.3. The number of hydrogen-bond donors (Lipinski definition) is 17. The van der Waals surface area contributed by atoms with Crippen molar-refractivity contribution >= 4 is 87.8 Å². The summed E-state index contributed by atoms with van der Waals surface area (Å²) < 4.78 is 6.04. The highest BCUT2D eigenvalue weighted by Crippen LogP contribution is 2.23. The summed E-state index contributed by atoms with van der Waals surface area (Å²) in [4.78, 5) is 188. The lowest BCUT2D eigenvalue weighted by Crippen LogP contribution is -2.62. The summed E-state index contributed by atoms with van der Waals surface area (Å²) in [6.45, 7) is 7.10. The lowest BCUT2D eigenvalue weighted by molar-refractivity contribution is -0.142. The van der Waals surface area contributed by atoms with Crippen LogP contribution in [0.3, 0.4) is 0 Å². The smallest absolute Gasteiger partial charge is 0.330 e. The molecule has 0 spiro atoms. The lowest BCUT2D eigenvalue weighted by Gasteiger charge is -2.31. The minimum atomic E-state index is -1.82. The van der Waals surface area contributed by atoms with Gasteiger partial charge < -0.3 is 88.7 Å². The number of phenols is 1. The molecule has 0 radical (unpaired) electrons. The number of amides is 14. The fourth-order valence-electron chi connectivity index (χ4n) is 11.2. The van der Waals surface area contributed by atoms with Crippen molar-refractivity contribution in [3.05, 3.63) is 84.1 Å². The first-order chi connectivity index (χ1) is 45.6. The number of aliphatic hydroxyl groups is 1. The van der Waals surface area contributed by atoms with Gasteiger partial charge in [-0.05, 0) is 101 Å². The quantitative estimate of drug-likeness (QED) is 0.0171. The van der Waals surface area contributed by atoms with E-state index >= 15 is 0 Å². The summed E-state index contributed by atoms with van der Waals surface area (Å²) in [5.41, 5.74) is 10.5. The van der Waals surface area contributed by atoms with Gasteiger partial charge in [-0.25, -0.2) is 15.2 Å². The second-order valence-electron chi connectivity index (χ2n) is 25.3. The average Bonchev–Trinajstić information content (AvgIpc) is 1.27. The second kappa shape index (κ2) is 34.3. The highest BCUT2D eigenvalue weighted by atomic mass is 16.5. The number of likely N-dealkylation sites (tertiary alicyclic amines) is 1. The van der Waals surface area contributed by atoms with Crippen LogP contribution in [0.2, 0.25) is 0 Å². The number of H-pyrrole nitrogens is 2. The van der Waals surface area contributed by atoms with E-state index in [0.29, 0.717) is 34.1 Å². The zero-order chi connectivity index (χ0) is 69.8. The number of carbonyl (C=O) groups is 13. The Hall–Kier alpha value is -10.2. The first kappa shape index (κ1) is 73.2. The van der Waals surface area contributed by atoms with Crippen LogP contribution in [0.1, 0.15) is 109 Å². The van der Waals surface area contributed by atoms with E-state index in [4.69, 9.17) is 10.5 Å². The molecule has 520 valence electrons. The van der Waals surface area contributed by atoms with Crippen LogP contribution < -0.4 is 69.8 Å². The molecule has 33 nitrogen and oxygen atoms in total. The molecule has 2 aromatic heterocycles. The summed E-state index contributed by atoms with van der Waals surface area (Å²) in [5, 5.41) is 48.1. The van der Waals surface area contributed by atoms with E-state index in [9.17, 15) is 72.5 Å². The van der Waals surface area contributed by atoms with Gasteiger partial charge in [-0.3, -0.25) is 63.0 Å². The Kier molecular flexibility index (Phi) is 26.2. The summed E-state index contributed by atoms with van der Waals surface area (Å²) in [7, 11) is 0. The molecule has 2 aromatic carbocycles. The topological polar surface area (TPSA) is 490 Å².